The van der Waals surface area contributed by atoms with Crippen LogP contribution in [0.5, 0.6) is 0 Å². The first-order valence-electron chi connectivity index (χ1n) is 15.2. The van der Waals surface area contributed by atoms with E-state index in [1.165, 1.54) is 71.8 Å². The van der Waals surface area contributed by atoms with E-state index in [9.17, 15) is 0 Å². The standard InChI is InChI=1S/C41H29N3/c1-3-13-31(14-4-1)43-38-19-9-7-17-34(38)36-26-29(21-23-40(36)43)30-12-11-25-42(28-30)33-22-24-41-37(27-33)35-18-8-10-20-39(35)44(41)32-15-5-2-6-16-32/h1-27H,28H2. The highest BCUT2D eigenvalue weighted by Crippen LogP contribution is 2.37. The van der Waals surface area contributed by atoms with Crippen LogP contribution in [0.2, 0.25) is 0 Å². The highest BCUT2D eigenvalue weighted by Gasteiger charge is 2.18. The van der Waals surface area contributed by atoms with E-state index >= 15 is 0 Å². The molecule has 3 nitrogen and oxygen atoms in total. The van der Waals surface area contributed by atoms with Crippen LogP contribution in [0.4, 0.5) is 5.69 Å². The lowest BCUT2D eigenvalue weighted by molar-refractivity contribution is 1.09. The molecule has 0 atom stereocenters. The predicted molar refractivity (Wildman–Crippen MR) is 186 cm³/mol. The monoisotopic (exact) mass is 563 g/mol. The van der Waals surface area contributed by atoms with Crippen molar-refractivity contribution in [3.8, 4) is 11.4 Å². The van der Waals surface area contributed by atoms with Crippen LogP contribution in [0.1, 0.15) is 5.56 Å². The van der Waals surface area contributed by atoms with Gasteiger partial charge < -0.3 is 14.0 Å². The summed E-state index contributed by atoms with van der Waals surface area (Å²) >= 11 is 0. The molecule has 0 saturated heterocycles. The van der Waals surface area contributed by atoms with Gasteiger partial charge in [0.05, 0.1) is 22.1 Å². The molecule has 0 spiro atoms. The van der Waals surface area contributed by atoms with Crippen molar-refractivity contribution < 1.29 is 0 Å². The largest absolute Gasteiger partial charge is 0.344 e. The Bertz CT molecular complexity index is 2410. The summed E-state index contributed by atoms with van der Waals surface area (Å²) in [5.74, 6) is 0. The van der Waals surface area contributed by atoms with Crippen molar-refractivity contribution >= 4 is 54.9 Å². The van der Waals surface area contributed by atoms with Crippen molar-refractivity contribution in [3.63, 3.8) is 0 Å². The molecule has 2 aromatic heterocycles. The van der Waals surface area contributed by atoms with E-state index in [-0.39, 0.29) is 0 Å². The van der Waals surface area contributed by atoms with Gasteiger partial charge in [-0.15, -0.1) is 0 Å². The Morgan fingerprint density at radius 2 is 0.932 bits per heavy atom. The van der Waals surface area contributed by atoms with E-state index in [1.54, 1.807) is 0 Å². The Morgan fingerprint density at radius 1 is 0.409 bits per heavy atom. The van der Waals surface area contributed by atoms with Crippen LogP contribution in [-0.4, -0.2) is 15.7 Å². The van der Waals surface area contributed by atoms with E-state index in [0.717, 1.165) is 6.54 Å². The number of anilines is 1. The number of allylic oxidation sites excluding steroid dienone is 2. The minimum Gasteiger partial charge on any atom is -0.344 e. The summed E-state index contributed by atoms with van der Waals surface area (Å²) in [5, 5.41) is 5.09. The molecule has 0 saturated carbocycles. The van der Waals surface area contributed by atoms with Gasteiger partial charge in [0.15, 0.2) is 0 Å². The van der Waals surface area contributed by atoms with Crippen molar-refractivity contribution in [1.29, 1.82) is 0 Å². The van der Waals surface area contributed by atoms with Gasteiger partial charge in [-0.25, -0.2) is 0 Å². The fourth-order valence-electron chi connectivity index (χ4n) is 6.94. The fourth-order valence-corrected chi connectivity index (χ4v) is 6.94. The summed E-state index contributed by atoms with van der Waals surface area (Å²) in [5.41, 5.74) is 11.0. The zero-order valence-corrected chi connectivity index (χ0v) is 24.1. The topological polar surface area (TPSA) is 13.1 Å². The molecule has 0 fully saturated rings. The zero-order chi connectivity index (χ0) is 29.0. The van der Waals surface area contributed by atoms with Crippen LogP contribution in [0, 0.1) is 0 Å². The number of nitrogens with zero attached hydrogens (tertiary/aromatic N) is 3. The molecule has 208 valence electrons. The molecule has 8 aromatic rings. The van der Waals surface area contributed by atoms with Gasteiger partial charge in [-0.2, -0.15) is 0 Å². The van der Waals surface area contributed by atoms with Gasteiger partial charge >= 0.3 is 0 Å². The van der Waals surface area contributed by atoms with E-state index in [0.29, 0.717) is 0 Å². The Balaban J connectivity index is 1.11. The van der Waals surface area contributed by atoms with Crippen molar-refractivity contribution in [1.82, 2.24) is 9.13 Å². The van der Waals surface area contributed by atoms with Crippen LogP contribution in [-0.2, 0) is 0 Å². The first kappa shape index (κ1) is 24.8. The molecule has 0 N–H and O–H groups in total. The van der Waals surface area contributed by atoms with E-state index in [4.69, 9.17) is 0 Å². The number of rotatable bonds is 4. The van der Waals surface area contributed by atoms with Gasteiger partial charge in [0.2, 0.25) is 0 Å². The van der Waals surface area contributed by atoms with Crippen molar-refractivity contribution in [2.45, 2.75) is 0 Å². The van der Waals surface area contributed by atoms with Crippen LogP contribution in [0.15, 0.2) is 164 Å². The summed E-state index contributed by atoms with van der Waals surface area (Å²) < 4.78 is 4.74. The van der Waals surface area contributed by atoms with Crippen LogP contribution in [0.3, 0.4) is 0 Å². The van der Waals surface area contributed by atoms with Gasteiger partial charge in [0.1, 0.15) is 0 Å². The predicted octanol–water partition coefficient (Wildman–Crippen LogP) is 10.3. The fraction of sp³-hybridized carbons (Fsp3) is 0.0244. The van der Waals surface area contributed by atoms with Crippen LogP contribution in [0.25, 0.3) is 60.6 Å². The minimum absolute atomic E-state index is 0.808. The molecule has 3 heterocycles. The first-order chi connectivity index (χ1) is 21.8. The lowest BCUT2D eigenvalue weighted by Crippen LogP contribution is -2.20. The van der Waals surface area contributed by atoms with Crippen LogP contribution < -0.4 is 4.90 Å². The molecule has 6 aromatic carbocycles. The van der Waals surface area contributed by atoms with Gasteiger partial charge in [0, 0.05) is 51.4 Å². The molecule has 3 heteroatoms. The Hall–Kier alpha value is -5.80. The van der Waals surface area contributed by atoms with Crippen LogP contribution >= 0.6 is 0 Å². The third kappa shape index (κ3) is 3.83. The molecule has 0 unspecified atom stereocenters. The second-order valence-electron chi connectivity index (χ2n) is 11.5. The summed E-state index contributed by atoms with van der Waals surface area (Å²) in [6.07, 6.45) is 6.63. The Morgan fingerprint density at radius 3 is 1.57 bits per heavy atom. The maximum atomic E-state index is 2.37. The summed E-state index contributed by atoms with van der Waals surface area (Å²) in [4.78, 5) is 2.36. The average molecular weight is 564 g/mol. The molecule has 44 heavy (non-hydrogen) atoms. The van der Waals surface area contributed by atoms with Crippen molar-refractivity contribution in [2.75, 3.05) is 11.4 Å². The lowest BCUT2D eigenvalue weighted by Gasteiger charge is -2.25. The number of para-hydroxylation sites is 4. The van der Waals surface area contributed by atoms with Gasteiger partial charge in [-0.3, -0.25) is 0 Å². The molecule has 0 radical (unpaired) electrons. The minimum atomic E-state index is 0.808. The molecule has 1 aliphatic rings. The lowest BCUT2D eigenvalue weighted by atomic mass is 10.00. The highest BCUT2D eigenvalue weighted by molar-refractivity contribution is 6.11. The third-order valence-corrected chi connectivity index (χ3v) is 8.96. The van der Waals surface area contributed by atoms with E-state index in [2.05, 4.69) is 178 Å². The summed E-state index contributed by atoms with van der Waals surface area (Å²) in [6, 6.07) is 52.5. The molecular weight excluding hydrogens is 534 g/mol. The second kappa shape index (κ2) is 9.89. The molecular formula is C41H29N3. The normalized spacial score (nSPS) is 13.4. The van der Waals surface area contributed by atoms with E-state index in [1.807, 2.05) is 0 Å². The molecule has 1 aliphatic heterocycles. The maximum Gasteiger partial charge on any atom is 0.0542 e. The maximum absolute atomic E-state index is 2.37. The van der Waals surface area contributed by atoms with Crippen molar-refractivity contribution in [2.24, 2.45) is 0 Å². The molecule has 0 bridgehead atoms. The number of benzene rings is 6. The van der Waals surface area contributed by atoms with Crippen molar-refractivity contribution in [3.05, 3.63) is 170 Å². The second-order valence-corrected chi connectivity index (χ2v) is 11.5. The molecule has 0 aliphatic carbocycles. The molecule has 0 amide bonds. The van der Waals surface area contributed by atoms with Gasteiger partial charge in [0.25, 0.3) is 0 Å². The number of fused-ring (bicyclic) bond motifs is 6. The number of hydrogen-bond acceptors (Lipinski definition) is 1. The smallest absolute Gasteiger partial charge is 0.0542 e. The Kier molecular flexibility index (Phi) is 5.57. The Labute approximate surface area is 255 Å². The third-order valence-electron chi connectivity index (χ3n) is 8.96. The zero-order valence-electron chi connectivity index (χ0n) is 24.1. The molecule has 9 rings (SSSR count). The summed E-state index contributed by atoms with van der Waals surface area (Å²) in [7, 11) is 0. The van der Waals surface area contributed by atoms with Gasteiger partial charge in [-0.1, -0.05) is 84.9 Å². The number of aromatic nitrogens is 2. The first-order valence-corrected chi connectivity index (χ1v) is 15.2. The quantitative estimate of drug-likeness (QED) is 0.208. The summed E-state index contributed by atoms with van der Waals surface area (Å²) in [6.45, 7) is 0.808. The van der Waals surface area contributed by atoms with E-state index < -0.39 is 0 Å². The average Bonchev–Trinajstić information content (AvgIpc) is 3.61. The highest BCUT2D eigenvalue weighted by atomic mass is 15.1. The number of hydrogen-bond donors (Lipinski definition) is 0. The van der Waals surface area contributed by atoms with Gasteiger partial charge in [-0.05, 0) is 83.9 Å². The SMILES string of the molecule is C1=CN(c2ccc3c(c2)c2ccccc2n3-c2ccccc2)CC(c2ccc3c(c2)c2ccccc2n3-c2ccccc2)=C1.